The van der Waals surface area contributed by atoms with Crippen LogP contribution in [0.3, 0.4) is 0 Å². The molecule has 3 nitrogen and oxygen atoms in total. The Bertz CT molecular complexity index is 41.2. The van der Waals surface area contributed by atoms with Gasteiger partial charge in [0.15, 0.2) is 0 Å². The van der Waals surface area contributed by atoms with Gasteiger partial charge in [0, 0.05) is 4.91 Å². The summed E-state index contributed by atoms with van der Waals surface area (Å²) in [4.78, 5) is 2.23. The molecule has 0 aromatic rings. The van der Waals surface area contributed by atoms with Crippen LogP contribution in [0.1, 0.15) is 0 Å². The fraction of sp³-hybridized carbons (Fsp3) is 0. The average molecular weight is 75.1 g/mol. The lowest BCUT2D eigenvalue weighted by Gasteiger charge is -1.34. The monoisotopic (exact) mass is 75.0 g/mol. The van der Waals surface area contributed by atoms with Gasteiger partial charge in [-0.1, -0.05) is 12.8 Å². The molecule has 0 radical (unpaired) electrons. The molecule has 0 saturated heterocycles. The van der Waals surface area contributed by atoms with Crippen LogP contribution in [0.5, 0.6) is 0 Å². The molecular weight excluding hydrogens is 74.1 g/mol. The summed E-state index contributed by atoms with van der Waals surface area (Å²) in [6.07, 6.45) is 0. The zero-order valence-electron chi connectivity index (χ0n) is 1.79. The predicted octanol–water partition coefficient (Wildman–Crippen LogP) is 1.14. The summed E-state index contributed by atoms with van der Waals surface area (Å²) in [6, 6.07) is 0. The molecule has 22 valence electrons. The van der Waals surface area contributed by atoms with Gasteiger partial charge in [-0.15, -0.1) is 0 Å². The summed E-state index contributed by atoms with van der Waals surface area (Å²) in [5.74, 6) is 0. The van der Waals surface area contributed by atoms with Crippen molar-refractivity contribution < 1.29 is 0 Å². The van der Waals surface area contributed by atoms with E-state index in [1.54, 1.807) is 0 Å². The number of rotatable bonds is 0. The quantitative estimate of drug-likeness (QED) is 0.194. The Morgan fingerprint density at radius 3 is 2.25 bits per heavy atom. The summed E-state index contributed by atoms with van der Waals surface area (Å²) in [7, 11) is 0. The standard InChI is InChI=1S/HN3S/c1-2-3-4/h4H. The normalized spacial score (nSPS) is 4.25. The Balaban J connectivity index is 3.11. The molecule has 0 aliphatic rings. The van der Waals surface area contributed by atoms with E-state index >= 15 is 0 Å². The Labute approximate surface area is 28.8 Å². The third-order valence-electron chi connectivity index (χ3n) is 0.0400. The second-order valence-electron chi connectivity index (χ2n) is 0.179. The molecule has 0 bridgehead atoms. The van der Waals surface area contributed by atoms with Crippen LogP contribution in [0.25, 0.3) is 10.4 Å². The molecule has 0 aromatic heterocycles. The number of hydrogen-bond acceptors (Lipinski definition) is 1. The molecule has 4 heteroatoms. The van der Waals surface area contributed by atoms with Crippen LogP contribution in [0.4, 0.5) is 0 Å². The van der Waals surface area contributed by atoms with Crippen molar-refractivity contribution in [2.45, 2.75) is 0 Å². The minimum atomic E-state index is 2.23. The summed E-state index contributed by atoms with van der Waals surface area (Å²) >= 11 is 3.13. The van der Waals surface area contributed by atoms with Gasteiger partial charge >= 0.3 is 0 Å². The largest absolute Gasteiger partial charge is 0.0840 e. The zero-order chi connectivity index (χ0) is 3.41. The molecule has 0 fully saturated rings. The van der Waals surface area contributed by atoms with Crippen molar-refractivity contribution in [2.24, 2.45) is 4.52 Å². The first-order valence-corrected chi connectivity index (χ1v) is 1.00. The molecule has 0 aliphatic carbocycles. The maximum Gasteiger partial charge on any atom is 0.0106 e. The van der Waals surface area contributed by atoms with E-state index in [1.165, 1.54) is 0 Å². The first kappa shape index (κ1) is 3.66. The topological polar surface area (TPSA) is 48.8 Å². The van der Waals surface area contributed by atoms with Gasteiger partial charge in [-0.05, 0) is 10.1 Å². The molecule has 0 aromatic carbocycles. The third-order valence-corrected chi connectivity index (χ3v) is 0.120. The van der Waals surface area contributed by atoms with Gasteiger partial charge in [-0.25, -0.2) is 0 Å². The van der Waals surface area contributed by atoms with Crippen molar-refractivity contribution in [3.63, 3.8) is 0 Å². The molecule has 0 atom stereocenters. The van der Waals surface area contributed by atoms with E-state index < -0.39 is 0 Å². The SMILES string of the molecule is [N-]=[N+]=NS. The van der Waals surface area contributed by atoms with E-state index in [9.17, 15) is 0 Å². The van der Waals surface area contributed by atoms with Crippen molar-refractivity contribution in [1.82, 2.24) is 0 Å². The van der Waals surface area contributed by atoms with Crippen molar-refractivity contribution in [3.8, 4) is 0 Å². The van der Waals surface area contributed by atoms with E-state index in [0.29, 0.717) is 0 Å². The van der Waals surface area contributed by atoms with Crippen molar-refractivity contribution in [3.05, 3.63) is 10.4 Å². The van der Waals surface area contributed by atoms with Gasteiger partial charge in [0.2, 0.25) is 0 Å². The lowest BCUT2D eigenvalue weighted by atomic mass is 13.0. The highest BCUT2D eigenvalue weighted by Crippen LogP contribution is 1.66. The fourth-order valence-corrected chi connectivity index (χ4v) is 0. The van der Waals surface area contributed by atoms with E-state index in [0.717, 1.165) is 0 Å². The predicted molar refractivity (Wildman–Crippen MR) is 18.1 cm³/mol. The van der Waals surface area contributed by atoms with Crippen LogP contribution < -0.4 is 0 Å². The fourth-order valence-electron chi connectivity index (χ4n) is 0. The lowest BCUT2D eigenvalue weighted by Crippen LogP contribution is -0.989. The first-order chi connectivity index (χ1) is 1.91. The molecule has 0 spiro atoms. The molecule has 0 N–H and O–H groups in total. The highest BCUT2D eigenvalue weighted by atomic mass is 32.1. The molecule has 0 heterocycles. The number of azide groups is 1. The summed E-state index contributed by atoms with van der Waals surface area (Å²) in [5.41, 5.74) is 7.26. The Hall–Kier alpha value is -0.340. The van der Waals surface area contributed by atoms with Gasteiger partial charge in [0.25, 0.3) is 0 Å². The zero-order valence-corrected chi connectivity index (χ0v) is 2.68. The molecule has 4 heavy (non-hydrogen) atoms. The first-order valence-electron chi connectivity index (χ1n) is 0.600. The second kappa shape index (κ2) is 2.66. The molecule has 0 aliphatic heterocycles. The molecule has 0 saturated carbocycles. The van der Waals surface area contributed by atoms with E-state index in [2.05, 4.69) is 22.2 Å². The smallest absolute Gasteiger partial charge is 0.0106 e. The van der Waals surface area contributed by atoms with Crippen LogP contribution in [0.2, 0.25) is 0 Å². The van der Waals surface area contributed by atoms with E-state index in [1.807, 2.05) is 0 Å². The van der Waals surface area contributed by atoms with Gasteiger partial charge in [-0.3, -0.25) is 0 Å². The number of nitrogens with zero attached hydrogens (tertiary/aromatic N) is 3. The summed E-state index contributed by atoms with van der Waals surface area (Å²) < 4.78 is 2.61. The maximum absolute atomic E-state index is 7.26. The van der Waals surface area contributed by atoms with Crippen molar-refractivity contribution in [1.29, 1.82) is 0 Å². The molecule has 0 amide bonds. The lowest BCUT2D eigenvalue weighted by molar-refractivity contribution is 1.84. The molecular formula is HN3S. The Kier molecular flexibility index (Phi) is 2.43. The summed E-state index contributed by atoms with van der Waals surface area (Å²) in [6.45, 7) is 0. The van der Waals surface area contributed by atoms with Gasteiger partial charge in [0.1, 0.15) is 0 Å². The Morgan fingerprint density at radius 1 is 2.00 bits per heavy atom. The van der Waals surface area contributed by atoms with Crippen LogP contribution in [-0.4, -0.2) is 0 Å². The van der Waals surface area contributed by atoms with Gasteiger partial charge in [0.05, 0.1) is 0 Å². The maximum atomic E-state index is 7.26. The minimum absolute atomic E-state index is 2.23. The Morgan fingerprint density at radius 2 is 2.25 bits per heavy atom. The molecule has 0 unspecified atom stereocenters. The van der Waals surface area contributed by atoms with Gasteiger partial charge in [-0.2, -0.15) is 0 Å². The highest BCUT2D eigenvalue weighted by Gasteiger charge is 1.28. The molecule has 0 rings (SSSR count). The summed E-state index contributed by atoms with van der Waals surface area (Å²) in [5, 5.41) is 0. The van der Waals surface area contributed by atoms with Crippen LogP contribution in [-0.2, 0) is 0 Å². The second-order valence-corrected chi connectivity index (χ2v) is 0.358. The minimum Gasteiger partial charge on any atom is -0.0840 e. The third kappa shape index (κ3) is 1.66. The van der Waals surface area contributed by atoms with E-state index in [-0.39, 0.29) is 0 Å². The van der Waals surface area contributed by atoms with Crippen LogP contribution in [0, 0.1) is 0 Å². The van der Waals surface area contributed by atoms with Gasteiger partial charge < -0.3 is 0 Å². The number of hydrogen-bond donors (Lipinski definition) is 1. The van der Waals surface area contributed by atoms with Crippen molar-refractivity contribution >= 4 is 12.8 Å². The average Bonchev–Trinajstić information content (AvgIpc) is 1.37. The van der Waals surface area contributed by atoms with Crippen LogP contribution >= 0.6 is 12.8 Å². The van der Waals surface area contributed by atoms with Crippen molar-refractivity contribution in [2.75, 3.05) is 0 Å². The van der Waals surface area contributed by atoms with E-state index in [4.69, 9.17) is 5.53 Å². The van der Waals surface area contributed by atoms with Crippen LogP contribution in [0.15, 0.2) is 4.52 Å². The highest BCUT2D eigenvalue weighted by molar-refractivity contribution is 7.78. The number of thiol groups is 1.